The summed E-state index contributed by atoms with van der Waals surface area (Å²) >= 11 is 0. The second-order valence-electron chi connectivity index (χ2n) is 2.84. The van der Waals surface area contributed by atoms with Crippen molar-refractivity contribution in [2.24, 2.45) is 5.73 Å². The quantitative estimate of drug-likeness (QED) is 0.514. The van der Waals surface area contributed by atoms with Crippen LogP contribution in [0.1, 0.15) is 13.8 Å². The lowest BCUT2D eigenvalue weighted by Gasteiger charge is -2.15. The molecule has 5 heteroatoms. The van der Waals surface area contributed by atoms with Gasteiger partial charge in [-0.2, -0.15) is 0 Å². The van der Waals surface area contributed by atoms with Crippen molar-refractivity contribution in [2.45, 2.75) is 20.0 Å². The van der Waals surface area contributed by atoms with Crippen molar-refractivity contribution in [1.29, 1.82) is 0 Å². The Morgan fingerprint density at radius 1 is 1.43 bits per heavy atom. The van der Waals surface area contributed by atoms with E-state index in [2.05, 4.69) is 18.5 Å². The van der Waals surface area contributed by atoms with Gasteiger partial charge in [0.25, 0.3) is 0 Å². The number of carbonyl (C=O) groups excluding carboxylic acids is 2. The van der Waals surface area contributed by atoms with E-state index < -0.39 is 18.1 Å². The zero-order valence-electron chi connectivity index (χ0n) is 8.29. The predicted octanol–water partition coefficient (Wildman–Crippen LogP) is 0.676. The summed E-state index contributed by atoms with van der Waals surface area (Å²) < 4.78 is 4.87. The first-order chi connectivity index (χ1) is 6.34. The highest BCUT2D eigenvalue weighted by Crippen LogP contribution is 2.03. The fourth-order valence-electron chi connectivity index (χ4n) is 0.592. The molecular formula is C9H14N2O3. The average molecular weight is 198 g/mol. The van der Waals surface area contributed by atoms with Gasteiger partial charge in [0.15, 0.2) is 0 Å². The number of esters is 1. The maximum absolute atomic E-state index is 11.0. The molecule has 0 aliphatic rings. The van der Waals surface area contributed by atoms with E-state index in [0.29, 0.717) is 0 Å². The summed E-state index contributed by atoms with van der Waals surface area (Å²) in [5.74, 6) is -0.537. The van der Waals surface area contributed by atoms with Crippen molar-refractivity contribution in [2.75, 3.05) is 0 Å². The van der Waals surface area contributed by atoms with E-state index in [-0.39, 0.29) is 11.3 Å². The van der Waals surface area contributed by atoms with Crippen molar-refractivity contribution in [1.82, 2.24) is 5.32 Å². The predicted molar refractivity (Wildman–Crippen MR) is 52.2 cm³/mol. The minimum atomic E-state index is -0.742. The van der Waals surface area contributed by atoms with E-state index in [1.54, 1.807) is 6.92 Å². The summed E-state index contributed by atoms with van der Waals surface area (Å²) in [4.78, 5) is 21.5. The number of nitrogens with two attached hydrogens (primary N) is 1. The van der Waals surface area contributed by atoms with Gasteiger partial charge in [-0.25, -0.2) is 9.59 Å². The van der Waals surface area contributed by atoms with E-state index >= 15 is 0 Å². The molecule has 3 N–H and O–H groups in total. The molecule has 0 fully saturated rings. The molecule has 14 heavy (non-hydrogen) atoms. The van der Waals surface area contributed by atoms with E-state index in [9.17, 15) is 9.59 Å². The molecule has 0 spiro atoms. The number of amides is 2. The first-order valence-corrected chi connectivity index (χ1v) is 3.96. The van der Waals surface area contributed by atoms with Crippen molar-refractivity contribution in [3.8, 4) is 0 Å². The molecule has 78 valence electrons. The van der Waals surface area contributed by atoms with Crippen LogP contribution in [0.15, 0.2) is 24.4 Å². The van der Waals surface area contributed by atoms with E-state index in [1.807, 2.05) is 0 Å². The van der Waals surface area contributed by atoms with Gasteiger partial charge < -0.3 is 15.8 Å². The zero-order valence-corrected chi connectivity index (χ0v) is 8.29. The number of rotatable bonds is 4. The lowest BCUT2D eigenvalue weighted by molar-refractivity contribution is -0.141. The number of hydrogen-bond acceptors (Lipinski definition) is 3. The first kappa shape index (κ1) is 12.2. The number of urea groups is 1. The maximum Gasteiger partial charge on any atom is 0.333 e. The molecule has 0 radical (unpaired) electrons. The minimum Gasteiger partial charge on any atom is -0.453 e. The Hall–Kier alpha value is -1.78. The molecule has 0 aliphatic carbocycles. The fraction of sp³-hybridized carbons (Fsp3) is 0.333. The topological polar surface area (TPSA) is 81.4 Å². The molecule has 0 bridgehead atoms. The maximum atomic E-state index is 11.0. The van der Waals surface area contributed by atoms with E-state index in [4.69, 9.17) is 10.5 Å². The number of nitrogens with one attached hydrogen (secondary N) is 1. The lowest BCUT2D eigenvalue weighted by atomic mass is 10.3. The van der Waals surface area contributed by atoms with Crippen LogP contribution in [0.2, 0.25) is 0 Å². The summed E-state index contributed by atoms with van der Waals surface area (Å²) in [5.41, 5.74) is 5.36. The third-order valence-corrected chi connectivity index (χ3v) is 1.41. The summed E-state index contributed by atoms with van der Waals surface area (Å²) in [6.07, 6.45) is -0.633. The second-order valence-corrected chi connectivity index (χ2v) is 2.84. The van der Waals surface area contributed by atoms with E-state index in [1.165, 1.54) is 6.92 Å². The van der Waals surface area contributed by atoms with Gasteiger partial charge in [0.1, 0.15) is 6.10 Å². The highest BCUT2D eigenvalue weighted by molar-refractivity contribution is 5.87. The van der Waals surface area contributed by atoms with Crippen molar-refractivity contribution >= 4 is 12.0 Å². The average Bonchev–Trinajstić information content (AvgIpc) is 2.02. The van der Waals surface area contributed by atoms with Gasteiger partial charge in [-0.15, -0.1) is 0 Å². The zero-order chi connectivity index (χ0) is 11.3. The first-order valence-electron chi connectivity index (χ1n) is 3.96. The molecule has 0 saturated heterocycles. The molecular weight excluding hydrogens is 184 g/mol. The third kappa shape index (κ3) is 4.30. The Morgan fingerprint density at radius 3 is 2.29 bits per heavy atom. The normalized spacial score (nSPS) is 11.3. The number of hydrogen-bond donors (Lipinski definition) is 2. The van der Waals surface area contributed by atoms with Gasteiger partial charge in [0.2, 0.25) is 0 Å². The van der Waals surface area contributed by atoms with Crippen molar-refractivity contribution in [3.63, 3.8) is 0 Å². The monoisotopic (exact) mass is 198 g/mol. The van der Waals surface area contributed by atoms with Gasteiger partial charge in [-0.3, -0.25) is 0 Å². The lowest BCUT2D eigenvalue weighted by Crippen LogP contribution is -2.34. The van der Waals surface area contributed by atoms with Gasteiger partial charge in [-0.1, -0.05) is 13.2 Å². The largest absolute Gasteiger partial charge is 0.453 e. The summed E-state index contributed by atoms with van der Waals surface area (Å²) in [7, 11) is 0. The van der Waals surface area contributed by atoms with Gasteiger partial charge in [0.05, 0.1) is 5.70 Å². The molecule has 0 saturated carbocycles. The van der Waals surface area contributed by atoms with Gasteiger partial charge >= 0.3 is 12.0 Å². The van der Waals surface area contributed by atoms with Crippen LogP contribution in [0.5, 0.6) is 0 Å². The molecule has 0 aliphatic heterocycles. The van der Waals surface area contributed by atoms with Crippen molar-refractivity contribution in [3.05, 3.63) is 24.4 Å². The third-order valence-electron chi connectivity index (χ3n) is 1.41. The summed E-state index contributed by atoms with van der Waals surface area (Å²) in [5, 5.41) is 2.22. The molecule has 5 nitrogen and oxygen atoms in total. The SMILES string of the molecule is C=C(C)C(=O)OC(C)C(=C)NC(N)=O. The molecule has 0 aromatic heterocycles. The number of ether oxygens (including phenoxy) is 1. The van der Waals surface area contributed by atoms with Crippen LogP contribution in [-0.4, -0.2) is 18.1 Å². The Balaban J connectivity index is 4.14. The molecule has 1 atom stereocenters. The van der Waals surface area contributed by atoms with Crippen LogP contribution >= 0.6 is 0 Å². The Labute approximate surface area is 82.6 Å². The highest BCUT2D eigenvalue weighted by atomic mass is 16.5. The summed E-state index contributed by atoms with van der Waals surface area (Å²) in [6.45, 7) is 10.00. The van der Waals surface area contributed by atoms with Crippen LogP contribution in [0, 0.1) is 0 Å². The van der Waals surface area contributed by atoms with E-state index in [0.717, 1.165) is 0 Å². The molecule has 2 amide bonds. The van der Waals surface area contributed by atoms with Crippen LogP contribution < -0.4 is 11.1 Å². The second kappa shape index (κ2) is 5.06. The molecule has 1 unspecified atom stereocenters. The Bertz CT molecular complexity index is 284. The summed E-state index contributed by atoms with van der Waals surface area (Å²) in [6, 6.07) is -0.742. The highest BCUT2D eigenvalue weighted by Gasteiger charge is 2.13. The number of carbonyl (C=O) groups is 2. The molecule has 0 aromatic carbocycles. The van der Waals surface area contributed by atoms with Crippen LogP contribution in [0.3, 0.4) is 0 Å². The van der Waals surface area contributed by atoms with Gasteiger partial charge in [0, 0.05) is 5.57 Å². The van der Waals surface area contributed by atoms with Gasteiger partial charge in [-0.05, 0) is 13.8 Å². The smallest absolute Gasteiger partial charge is 0.333 e. The van der Waals surface area contributed by atoms with Crippen LogP contribution in [0.25, 0.3) is 0 Å². The fourth-order valence-corrected chi connectivity index (χ4v) is 0.592. The number of primary amides is 1. The molecule has 0 heterocycles. The Morgan fingerprint density at radius 2 is 1.93 bits per heavy atom. The van der Waals surface area contributed by atoms with Crippen LogP contribution in [0.4, 0.5) is 4.79 Å². The minimum absolute atomic E-state index is 0.229. The Kier molecular flexibility index (Phi) is 4.42. The van der Waals surface area contributed by atoms with Crippen molar-refractivity contribution < 1.29 is 14.3 Å². The van der Waals surface area contributed by atoms with Crippen LogP contribution in [-0.2, 0) is 9.53 Å². The molecule has 0 aromatic rings. The molecule has 0 rings (SSSR count). The standard InChI is InChI=1S/C9H14N2O3/c1-5(2)8(12)14-7(4)6(3)11-9(10)13/h7H,1,3H2,2,4H3,(H3,10,11,13).